The van der Waals surface area contributed by atoms with Crippen molar-refractivity contribution in [2.75, 3.05) is 6.61 Å². The molecule has 0 saturated heterocycles. The van der Waals surface area contributed by atoms with Gasteiger partial charge in [-0.3, -0.25) is 4.18 Å². The maximum Gasteiger partial charge on any atom is 0.296 e. The van der Waals surface area contributed by atoms with Crippen molar-refractivity contribution < 1.29 is 12.6 Å². The summed E-state index contributed by atoms with van der Waals surface area (Å²) in [4.78, 5) is 0.244. The zero-order chi connectivity index (χ0) is 17.0. The molecule has 1 aromatic rings. The van der Waals surface area contributed by atoms with Gasteiger partial charge in [0.25, 0.3) is 10.1 Å². The number of hydrogen-bond acceptors (Lipinski definition) is 4. The Morgan fingerprint density at radius 3 is 2.33 bits per heavy atom. The molecule has 2 N–H and O–H groups in total. The van der Waals surface area contributed by atoms with E-state index in [2.05, 4.69) is 0 Å². The topological polar surface area (TPSA) is 69.4 Å². The van der Waals surface area contributed by atoms with Gasteiger partial charge < -0.3 is 5.73 Å². The van der Waals surface area contributed by atoms with Crippen LogP contribution in [0.3, 0.4) is 0 Å². The second-order valence-corrected chi connectivity index (χ2v) is 10.3. The second-order valence-electron chi connectivity index (χ2n) is 8.66. The van der Waals surface area contributed by atoms with Gasteiger partial charge in [0.15, 0.2) is 0 Å². The first-order chi connectivity index (χ1) is 11.3. The van der Waals surface area contributed by atoms with Crippen LogP contribution in [0.15, 0.2) is 29.2 Å². The van der Waals surface area contributed by atoms with Crippen LogP contribution in [0.5, 0.6) is 0 Å². The average molecular weight is 349 g/mol. The summed E-state index contributed by atoms with van der Waals surface area (Å²) in [5.74, 6) is 1.48. The number of rotatable bonds is 5. The SMILES string of the molecule is Cc1ccc(S(=O)(=O)OCCC23CC4CC(CC(N)(C4)C2)C3)cc1. The highest BCUT2D eigenvalue weighted by atomic mass is 32.2. The predicted octanol–water partition coefficient (Wildman–Crippen LogP) is 3.39. The Balaban J connectivity index is 1.41. The fraction of sp³-hybridized carbons (Fsp3) is 0.684. The smallest absolute Gasteiger partial charge is 0.296 e. The highest BCUT2D eigenvalue weighted by Crippen LogP contribution is 2.62. The summed E-state index contributed by atoms with van der Waals surface area (Å²) in [6.07, 6.45) is 7.91. The molecule has 5 heteroatoms. The summed E-state index contributed by atoms with van der Waals surface area (Å²) in [6.45, 7) is 2.21. The van der Waals surface area contributed by atoms with Crippen LogP contribution in [0.4, 0.5) is 0 Å². The molecule has 0 aromatic heterocycles. The van der Waals surface area contributed by atoms with Crippen molar-refractivity contribution in [1.82, 2.24) is 0 Å². The maximum absolute atomic E-state index is 12.3. The molecule has 0 aliphatic heterocycles. The van der Waals surface area contributed by atoms with E-state index in [1.54, 1.807) is 24.3 Å². The average Bonchev–Trinajstić information content (AvgIpc) is 2.44. The Morgan fingerprint density at radius 2 is 1.75 bits per heavy atom. The molecule has 4 bridgehead atoms. The van der Waals surface area contributed by atoms with Crippen molar-refractivity contribution in [2.45, 2.75) is 62.3 Å². The Labute approximate surface area is 144 Å². The van der Waals surface area contributed by atoms with E-state index in [9.17, 15) is 8.42 Å². The molecule has 5 rings (SSSR count). The van der Waals surface area contributed by atoms with Gasteiger partial charge in [0.1, 0.15) is 0 Å². The Kier molecular flexibility index (Phi) is 3.83. The standard InChI is InChI=1S/C19H27NO3S/c1-14-2-4-17(5-3-14)24(21,22)23-7-6-18-9-15-8-16(10-18)12-19(20,11-15)13-18/h2-5,15-16H,6-13,20H2,1H3. The molecule has 4 aliphatic carbocycles. The zero-order valence-electron chi connectivity index (χ0n) is 14.3. The molecule has 0 radical (unpaired) electrons. The molecule has 0 amide bonds. The van der Waals surface area contributed by atoms with E-state index in [1.165, 1.54) is 19.3 Å². The van der Waals surface area contributed by atoms with Gasteiger partial charge in [0.05, 0.1) is 11.5 Å². The fourth-order valence-electron chi connectivity index (χ4n) is 5.96. The van der Waals surface area contributed by atoms with Gasteiger partial charge in [-0.2, -0.15) is 8.42 Å². The van der Waals surface area contributed by atoms with Crippen molar-refractivity contribution in [1.29, 1.82) is 0 Å². The van der Waals surface area contributed by atoms with Crippen molar-refractivity contribution >= 4 is 10.1 Å². The lowest BCUT2D eigenvalue weighted by atomic mass is 9.46. The summed E-state index contributed by atoms with van der Waals surface area (Å²) in [5.41, 5.74) is 7.86. The van der Waals surface area contributed by atoms with Crippen LogP contribution in [0, 0.1) is 24.2 Å². The first kappa shape index (κ1) is 16.6. The van der Waals surface area contributed by atoms with Gasteiger partial charge >= 0.3 is 0 Å². The predicted molar refractivity (Wildman–Crippen MR) is 93.0 cm³/mol. The Bertz CT molecular complexity index is 711. The molecule has 2 atom stereocenters. The van der Waals surface area contributed by atoms with E-state index >= 15 is 0 Å². The van der Waals surface area contributed by atoms with Crippen molar-refractivity contribution in [2.24, 2.45) is 23.0 Å². The molecule has 24 heavy (non-hydrogen) atoms. The van der Waals surface area contributed by atoms with Gasteiger partial charge in [-0.25, -0.2) is 0 Å². The van der Waals surface area contributed by atoms with Crippen LogP contribution in [0.2, 0.25) is 0 Å². The lowest BCUT2D eigenvalue weighted by Crippen LogP contribution is -2.60. The normalized spacial score (nSPS) is 37.8. The van der Waals surface area contributed by atoms with E-state index in [4.69, 9.17) is 9.92 Å². The summed E-state index contributed by atoms with van der Waals surface area (Å²) >= 11 is 0. The van der Waals surface area contributed by atoms with Gasteiger partial charge in [0, 0.05) is 5.54 Å². The largest absolute Gasteiger partial charge is 0.325 e. The first-order valence-corrected chi connectivity index (χ1v) is 10.4. The van der Waals surface area contributed by atoms with Crippen molar-refractivity contribution in [3.63, 3.8) is 0 Å². The van der Waals surface area contributed by atoms with E-state index in [-0.39, 0.29) is 22.5 Å². The zero-order valence-corrected chi connectivity index (χ0v) is 15.1. The Hall–Kier alpha value is -0.910. The highest BCUT2D eigenvalue weighted by Gasteiger charge is 2.55. The molecule has 4 saturated carbocycles. The minimum Gasteiger partial charge on any atom is -0.325 e. The third-order valence-corrected chi connectivity index (χ3v) is 7.73. The molecule has 4 nitrogen and oxygen atoms in total. The molecule has 4 fully saturated rings. The molecular weight excluding hydrogens is 322 g/mol. The van der Waals surface area contributed by atoms with E-state index in [1.807, 2.05) is 6.92 Å². The summed E-state index contributed by atoms with van der Waals surface area (Å²) in [6, 6.07) is 6.83. The van der Waals surface area contributed by atoms with Gasteiger partial charge in [0.2, 0.25) is 0 Å². The van der Waals surface area contributed by atoms with Crippen LogP contribution >= 0.6 is 0 Å². The Morgan fingerprint density at radius 1 is 1.12 bits per heavy atom. The lowest BCUT2D eigenvalue weighted by Gasteiger charge is -2.61. The fourth-order valence-corrected chi connectivity index (χ4v) is 6.87. The minimum absolute atomic E-state index is 0.0000841. The maximum atomic E-state index is 12.3. The van der Waals surface area contributed by atoms with Crippen LogP contribution in [-0.4, -0.2) is 20.6 Å². The van der Waals surface area contributed by atoms with Gasteiger partial charge in [-0.15, -0.1) is 0 Å². The summed E-state index contributed by atoms with van der Waals surface area (Å²) < 4.78 is 30.0. The number of nitrogens with two attached hydrogens (primary N) is 1. The molecule has 4 aliphatic rings. The second kappa shape index (κ2) is 5.55. The van der Waals surface area contributed by atoms with Crippen LogP contribution in [0.25, 0.3) is 0 Å². The van der Waals surface area contributed by atoms with Crippen LogP contribution in [0.1, 0.15) is 50.5 Å². The van der Waals surface area contributed by atoms with Crippen LogP contribution in [-0.2, 0) is 14.3 Å². The first-order valence-electron chi connectivity index (χ1n) is 9.03. The molecule has 0 heterocycles. The van der Waals surface area contributed by atoms with E-state index < -0.39 is 10.1 Å². The van der Waals surface area contributed by atoms with Crippen LogP contribution < -0.4 is 5.73 Å². The molecule has 0 spiro atoms. The molecule has 132 valence electrons. The molecule has 1 aromatic carbocycles. The number of benzene rings is 1. The monoisotopic (exact) mass is 349 g/mol. The quantitative estimate of drug-likeness (QED) is 0.827. The molecular formula is C19H27NO3S. The lowest BCUT2D eigenvalue weighted by molar-refractivity contribution is -0.0753. The van der Waals surface area contributed by atoms with Gasteiger partial charge in [-0.05, 0) is 81.3 Å². The third kappa shape index (κ3) is 3.02. The summed E-state index contributed by atoms with van der Waals surface area (Å²) in [5, 5.41) is 0. The minimum atomic E-state index is -3.66. The summed E-state index contributed by atoms with van der Waals surface area (Å²) in [7, 11) is -3.66. The van der Waals surface area contributed by atoms with Crippen molar-refractivity contribution in [3.05, 3.63) is 29.8 Å². The van der Waals surface area contributed by atoms with Crippen molar-refractivity contribution in [3.8, 4) is 0 Å². The number of hydrogen-bond donors (Lipinski definition) is 1. The molecule has 2 unspecified atom stereocenters. The number of aryl methyl sites for hydroxylation is 1. The van der Waals surface area contributed by atoms with Gasteiger partial charge in [-0.1, -0.05) is 17.7 Å². The third-order valence-electron chi connectivity index (χ3n) is 6.41. The van der Waals surface area contributed by atoms with E-state index in [0.717, 1.165) is 43.1 Å². The van der Waals surface area contributed by atoms with E-state index in [0.29, 0.717) is 0 Å². The highest BCUT2D eigenvalue weighted by molar-refractivity contribution is 7.86.